The fraction of sp³-hybridized carbons (Fsp3) is 0.278. The highest BCUT2D eigenvalue weighted by Crippen LogP contribution is 2.23. The Bertz CT molecular complexity index is 646. The predicted molar refractivity (Wildman–Crippen MR) is 91.0 cm³/mol. The number of carbonyl (C=O) groups excluding carboxylic acids is 1. The van der Waals surface area contributed by atoms with E-state index in [1.165, 1.54) is 0 Å². The van der Waals surface area contributed by atoms with E-state index < -0.39 is 0 Å². The molecule has 2 aromatic carbocycles. The zero-order chi connectivity index (χ0) is 16.7. The Morgan fingerprint density at radius 3 is 2.61 bits per heavy atom. The molecule has 0 aliphatic heterocycles. The molecule has 4 nitrogen and oxygen atoms in total. The van der Waals surface area contributed by atoms with Gasteiger partial charge in [0.05, 0.1) is 20.1 Å². The predicted octanol–water partition coefficient (Wildman–Crippen LogP) is 3.78. The number of ether oxygens (including phenoxy) is 2. The summed E-state index contributed by atoms with van der Waals surface area (Å²) in [4.78, 5) is 13.8. The number of para-hydroxylation sites is 1. The van der Waals surface area contributed by atoms with Crippen molar-refractivity contribution in [3.05, 3.63) is 59.1 Å². The molecule has 0 aliphatic carbocycles. The Morgan fingerprint density at radius 1 is 1.17 bits per heavy atom. The van der Waals surface area contributed by atoms with Crippen LogP contribution in [0.25, 0.3) is 0 Å². The molecule has 2 aromatic rings. The maximum absolute atomic E-state index is 12.2. The second-order valence-corrected chi connectivity index (χ2v) is 5.55. The van der Waals surface area contributed by atoms with Gasteiger partial charge >= 0.3 is 0 Å². The first-order valence-corrected chi connectivity index (χ1v) is 7.72. The first kappa shape index (κ1) is 17.2. The van der Waals surface area contributed by atoms with Crippen LogP contribution in [0.1, 0.15) is 12.0 Å². The molecule has 0 N–H and O–H groups in total. The van der Waals surface area contributed by atoms with Crippen LogP contribution < -0.4 is 9.47 Å². The second-order valence-electron chi connectivity index (χ2n) is 5.12. The average molecular weight is 334 g/mol. The maximum Gasteiger partial charge on any atom is 0.226 e. The highest BCUT2D eigenvalue weighted by atomic mass is 35.5. The van der Waals surface area contributed by atoms with Crippen LogP contribution in [-0.2, 0) is 11.3 Å². The summed E-state index contributed by atoms with van der Waals surface area (Å²) in [6.07, 6.45) is 0.314. The van der Waals surface area contributed by atoms with Crippen molar-refractivity contribution in [3.63, 3.8) is 0 Å². The van der Waals surface area contributed by atoms with Gasteiger partial charge < -0.3 is 14.4 Å². The number of hydrogen-bond donors (Lipinski definition) is 0. The van der Waals surface area contributed by atoms with E-state index in [4.69, 9.17) is 21.1 Å². The first-order valence-electron chi connectivity index (χ1n) is 7.34. The molecule has 0 bridgehead atoms. The van der Waals surface area contributed by atoms with Crippen LogP contribution in [0, 0.1) is 0 Å². The standard InChI is InChI=1S/C18H20ClNO3/c1-20(13-14-12-15(19)8-9-17(14)22-2)18(21)10-11-23-16-6-4-3-5-7-16/h3-9,12H,10-11,13H2,1-2H3. The molecule has 122 valence electrons. The van der Waals surface area contributed by atoms with Gasteiger partial charge in [0.2, 0.25) is 5.91 Å². The van der Waals surface area contributed by atoms with Crippen LogP contribution in [0.15, 0.2) is 48.5 Å². The molecule has 0 saturated carbocycles. The quantitative estimate of drug-likeness (QED) is 0.774. The minimum Gasteiger partial charge on any atom is -0.496 e. The molecule has 0 radical (unpaired) electrons. The molecule has 0 atom stereocenters. The monoisotopic (exact) mass is 333 g/mol. The number of amides is 1. The number of methoxy groups -OCH3 is 1. The van der Waals surface area contributed by atoms with Crippen LogP contribution in [-0.4, -0.2) is 31.6 Å². The van der Waals surface area contributed by atoms with E-state index in [2.05, 4.69) is 0 Å². The number of halogens is 1. The van der Waals surface area contributed by atoms with E-state index in [9.17, 15) is 4.79 Å². The molecule has 0 saturated heterocycles. The van der Waals surface area contributed by atoms with E-state index in [1.54, 1.807) is 31.2 Å². The van der Waals surface area contributed by atoms with E-state index in [-0.39, 0.29) is 5.91 Å². The largest absolute Gasteiger partial charge is 0.496 e. The molecule has 23 heavy (non-hydrogen) atoms. The molecule has 0 aromatic heterocycles. The SMILES string of the molecule is COc1ccc(Cl)cc1CN(C)C(=O)CCOc1ccccc1. The summed E-state index contributed by atoms with van der Waals surface area (Å²) in [5.41, 5.74) is 0.875. The molecule has 0 unspecified atom stereocenters. The lowest BCUT2D eigenvalue weighted by atomic mass is 10.2. The molecule has 1 amide bonds. The maximum atomic E-state index is 12.2. The number of carbonyl (C=O) groups is 1. The highest BCUT2D eigenvalue weighted by molar-refractivity contribution is 6.30. The van der Waals surface area contributed by atoms with Crippen LogP contribution in [0.5, 0.6) is 11.5 Å². The van der Waals surface area contributed by atoms with Crippen molar-refractivity contribution in [2.75, 3.05) is 20.8 Å². The molecule has 0 aliphatic rings. The van der Waals surface area contributed by atoms with Gasteiger partial charge in [0, 0.05) is 24.2 Å². The fourth-order valence-electron chi connectivity index (χ4n) is 2.18. The lowest BCUT2D eigenvalue weighted by Gasteiger charge is -2.19. The van der Waals surface area contributed by atoms with Crippen LogP contribution in [0.4, 0.5) is 0 Å². The minimum absolute atomic E-state index is 0.00274. The zero-order valence-electron chi connectivity index (χ0n) is 13.3. The normalized spacial score (nSPS) is 10.2. The van der Waals surface area contributed by atoms with Crippen LogP contribution in [0.3, 0.4) is 0 Å². The van der Waals surface area contributed by atoms with Gasteiger partial charge in [0.1, 0.15) is 11.5 Å². The number of rotatable bonds is 7. The van der Waals surface area contributed by atoms with Gasteiger partial charge in [-0.15, -0.1) is 0 Å². The Kier molecular flexibility index (Phi) is 6.29. The molecule has 5 heteroatoms. The topological polar surface area (TPSA) is 38.8 Å². The zero-order valence-corrected chi connectivity index (χ0v) is 14.0. The Labute approximate surface area is 141 Å². The fourth-order valence-corrected chi connectivity index (χ4v) is 2.37. The summed E-state index contributed by atoms with van der Waals surface area (Å²) < 4.78 is 10.8. The van der Waals surface area contributed by atoms with Gasteiger partial charge in [-0.25, -0.2) is 0 Å². The number of hydrogen-bond acceptors (Lipinski definition) is 3. The molecule has 0 heterocycles. The van der Waals surface area contributed by atoms with E-state index in [0.717, 1.165) is 17.1 Å². The third-order valence-electron chi connectivity index (χ3n) is 3.40. The van der Waals surface area contributed by atoms with Crippen molar-refractivity contribution >= 4 is 17.5 Å². The van der Waals surface area contributed by atoms with E-state index in [1.807, 2.05) is 36.4 Å². The third-order valence-corrected chi connectivity index (χ3v) is 3.64. The lowest BCUT2D eigenvalue weighted by molar-refractivity contribution is -0.130. The van der Waals surface area contributed by atoms with Gasteiger partial charge in [0.15, 0.2) is 0 Å². The van der Waals surface area contributed by atoms with Crippen molar-refractivity contribution in [1.29, 1.82) is 0 Å². The van der Waals surface area contributed by atoms with Crippen molar-refractivity contribution in [2.24, 2.45) is 0 Å². The summed E-state index contributed by atoms with van der Waals surface area (Å²) in [6.45, 7) is 0.785. The van der Waals surface area contributed by atoms with Gasteiger partial charge in [-0.3, -0.25) is 4.79 Å². The van der Waals surface area contributed by atoms with Crippen LogP contribution >= 0.6 is 11.6 Å². The Balaban J connectivity index is 1.86. The van der Waals surface area contributed by atoms with Crippen molar-refractivity contribution < 1.29 is 14.3 Å². The minimum atomic E-state index is 0.00274. The second kappa shape index (κ2) is 8.44. The van der Waals surface area contributed by atoms with Gasteiger partial charge in [-0.1, -0.05) is 29.8 Å². The summed E-state index contributed by atoms with van der Waals surface area (Å²) in [5.74, 6) is 1.48. The molecule has 0 spiro atoms. The first-order chi connectivity index (χ1) is 11.1. The lowest BCUT2D eigenvalue weighted by Crippen LogP contribution is -2.27. The highest BCUT2D eigenvalue weighted by Gasteiger charge is 2.12. The third kappa shape index (κ3) is 5.18. The molecule has 2 rings (SSSR count). The van der Waals surface area contributed by atoms with Crippen LogP contribution in [0.2, 0.25) is 5.02 Å². The number of benzene rings is 2. The number of nitrogens with zero attached hydrogens (tertiary/aromatic N) is 1. The smallest absolute Gasteiger partial charge is 0.226 e. The molecule has 0 fully saturated rings. The van der Waals surface area contributed by atoms with Gasteiger partial charge in [-0.05, 0) is 30.3 Å². The summed E-state index contributed by atoms with van der Waals surface area (Å²) in [5, 5.41) is 0.619. The van der Waals surface area contributed by atoms with Gasteiger partial charge in [-0.2, -0.15) is 0 Å². The van der Waals surface area contributed by atoms with Gasteiger partial charge in [0.25, 0.3) is 0 Å². The summed E-state index contributed by atoms with van der Waals surface area (Å²) in [7, 11) is 3.35. The van der Waals surface area contributed by atoms with E-state index >= 15 is 0 Å². The summed E-state index contributed by atoms with van der Waals surface area (Å²) >= 11 is 6.01. The Hall–Kier alpha value is -2.20. The van der Waals surface area contributed by atoms with Crippen molar-refractivity contribution in [1.82, 2.24) is 4.90 Å². The van der Waals surface area contributed by atoms with Crippen molar-refractivity contribution in [3.8, 4) is 11.5 Å². The van der Waals surface area contributed by atoms with E-state index in [0.29, 0.717) is 24.6 Å². The Morgan fingerprint density at radius 2 is 1.91 bits per heavy atom. The summed E-state index contributed by atoms with van der Waals surface area (Å²) in [6, 6.07) is 14.8. The molecular weight excluding hydrogens is 314 g/mol. The average Bonchev–Trinajstić information content (AvgIpc) is 2.56. The molecular formula is C18H20ClNO3. The van der Waals surface area contributed by atoms with Crippen molar-refractivity contribution in [2.45, 2.75) is 13.0 Å².